The first kappa shape index (κ1) is 15.1. The molecular formula is C15H22N4S. The van der Waals surface area contributed by atoms with Gasteiger partial charge in [-0.25, -0.2) is 4.98 Å². The minimum Gasteiger partial charge on any atom is -0.292 e. The first-order valence-corrected chi connectivity index (χ1v) is 7.95. The lowest BCUT2D eigenvalue weighted by Gasteiger charge is -2.26. The van der Waals surface area contributed by atoms with Gasteiger partial charge in [-0.1, -0.05) is 44.2 Å². The molecule has 0 fully saturated rings. The van der Waals surface area contributed by atoms with Crippen molar-refractivity contribution in [2.24, 2.45) is 0 Å². The van der Waals surface area contributed by atoms with Crippen LogP contribution in [0.3, 0.4) is 0 Å². The number of hydrogen-bond donors (Lipinski definition) is 1. The van der Waals surface area contributed by atoms with Crippen LogP contribution in [-0.2, 0) is 0 Å². The second-order valence-electron chi connectivity index (χ2n) is 5.08. The Labute approximate surface area is 125 Å². The van der Waals surface area contributed by atoms with Crippen molar-refractivity contribution in [3.63, 3.8) is 0 Å². The van der Waals surface area contributed by atoms with Gasteiger partial charge in [0.15, 0.2) is 0 Å². The first-order chi connectivity index (χ1) is 9.68. The number of rotatable bonds is 7. The van der Waals surface area contributed by atoms with Crippen LogP contribution in [-0.4, -0.2) is 44.7 Å². The van der Waals surface area contributed by atoms with Crippen LogP contribution < -0.4 is 0 Å². The zero-order valence-electron chi connectivity index (χ0n) is 12.3. The molecule has 4 nitrogen and oxygen atoms in total. The highest BCUT2D eigenvalue weighted by Gasteiger charge is 2.21. The Kier molecular flexibility index (Phi) is 5.61. The standard InChI is InChI=1S/C15H22N4S/c1-12(2)20-10-9-19(3)14(15-16-11-17-18-15)13-7-5-4-6-8-13/h4-8,11-12,14H,9-10H2,1-3H3,(H,16,17,18). The monoisotopic (exact) mass is 290 g/mol. The molecule has 1 aromatic carbocycles. The molecule has 1 atom stereocenters. The molecule has 2 aromatic rings. The summed E-state index contributed by atoms with van der Waals surface area (Å²) in [4.78, 5) is 6.67. The summed E-state index contributed by atoms with van der Waals surface area (Å²) < 4.78 is 0. The third-order valence-electron chi connectivity index (χ3n) is 3.14. The second kappa shape index (κ2) is 7.45. The molecule has 0 aliphatic rings. The lowest BCUT2D eigenvalue weighted by atomic mass is 10.1. The van der Waals surface area contributed by atoms with E-state index in [1.165, 1.54) is 5.56 Å². The summed E-state index contributed by atoms with van der Waals surface area (Å²) in [6, 6.07) is 10.6. The predicted octanol–water partition coefficient (Wildman–Crippen LogP) is 2.97. The van der Waals surface area contributed by atoms with Crippen molar-refractivity contribution in [2.75, 3.05) is 19.3 Å². The molecule has 5 heteroatoms. The molecule has 1 heterocycles. The summed E-state index contributed by atoms with van der Waals surface area (Å²) in [5.41, 5.74) is 1.24. The van der Waals surface area contributed by atoms with Gasteiger partial charge in [0.05, 0.1) is 6.04 Å². The number of hydrogen-bond acceptors (Lipinski definition) is 4. The van der Waals surface area contributed by atoms with Crippen LogP contribution in [0.25, 0.3) is 0 Å². The number of nitrogens with zero attached hydrogens (tertiary/aromatic N) is 3. The van der Waals surface area contributed by atoms with Gasteiger partial charge in [-0.3, -0.25) is 10.00 Å². The maximum atomic E-state index is 4.34. The largest absolute Gasteiger partial charge is 0.292 e. The van der Waals surface area contributed by atoms with Gasteiger partial charge in [0.25, 0.3) is 0 Å². The molecule has 0 aliphatic heterocycles. The van der Waals surface area contributed by atoms with Crippen molar-refractivity contribution < 1.29 is 0 Å². The van der Waals surface area contributed by atoms with Crippen LogP contribution in [0.2, 0.25) is 0 Å². The lowest BCUT2D eigenvalue weighted by Crippen LogP contribution is -2.29. The van der Waals surface area contributed by atoms with Crippen molar-refractivity contribution >= 4 is 11.8 Å². The van der Waals surface area contributed by atoms with Crippen LogP contribution in [0, 0.1) is 0 Å². The topological polar surface area (TPSA) is 44.8 Å². The first-order valence-electron chi connectivity index (χ1n) is 6.90. The van der Waals surface area contributed by atoms with Crippen molar-refractivity contribution in [3.8, 4) is 0 Å². The van der Waals surface area contributed by atoms with E-state index < -0.39 is 0 Å². The van der Waals surface area contributed by atoms with Gasteiger partial charge >= 0.3 is 0 Å². The van der Waals surface area contributed by atoms with Crippen molar-refractivity contribution in [1.82, 2.24) is 20.1 Å². The SMILES string of the molecule is CC(C)SCCN(C)C(c1ccccc1)c1ncn[nH]1. The molecule has 0 spiro atoms. The summed E-state index contributed by atoms with van der Waals surface area (Å²) in [6.45, 7) is 5.48. The molecule has 0 radical (unpaired) electrons. The molecule has 1 aromatic heterocycles. The smallest absolute Gasteiger partial charge is 0.146 e. The number of benzene rings is 1. The summed E-state index contributed by atoms with van der Waals surface area (Å²) in [6.07, 6.45) is 1.57. The second-order valence-corrected chi connectivity index (χ2v) is 6.77. The van der Waals surface area contributed by atoms with Crippen LogP contribution in [0.5, 0.6) is 0 Å². The lowest BCUT2D eigenvalue weighted by molar-refractivity contribution is 0.287. The fraction of sp³-hybridized carbons (Fsp3) is 0.467. The average molecular weight is 290 g/mol. The van der Waals surface area contributed by atoms with Crippen LogP contribution >= 0.6 is 11.8 Å². The highest BCUT2D eigenvalue weighted by Crippen LogP contribution is 2.24. The third-order valence-corrected chi connectivity index (χ3v) is 4.23. The van der Waals surface area contributed by atoms with Gasteiger partial charge in [-0.15, -0.1) is 0 Å². The van der Waals surface area contributed by atoms with E-state index in [-0.39, 0.29) is 6.04 Å². The summed E-state index contributed by atoms with van der Waals surface area (Å²) in [7, 11) is 2.14. The van der Waals surface area contributed by atoms with Gasteiger partial charge in [0.2, 0.25) is 0 Å². The minimum atomic E-state index is 0.131. The van der Waals surface area contributed by atoms with E-state index in [4.69, 9.17) is 0 Å². The van der Waals surface area contributed by atoms with E-state index in [2.05, 4.69) is 65.2 Å². The van der Waals surface area contributed by atoms with Gasteiger partial charge in [-0.2, -0.15) is 16.9 Å². The highest BCUT2D eigenvalue weighted by molar-refractivity contribution is 7.99. The summed E-state index contributed by atoms with van der Waals surface area (Å²) in [5.74, 6) is 2.01. The van der Waals surface area contributed by atoms with Gasteiger partial charge in [-0.05, 0) is 17.9 Å². The summed E-state index contributed by atoms with van der Waals surface area (Å²) >= 11 is 1.98. The molecule has 20 heavy (non-hydrogen) atoms. The Hall–Kier alpha value is -1.33. The Bertz CT molecular complexity index is 484. The van der Waals surface area contributed by atoms with Crippen LogP contribution in [0.15, 0.2) is 36.7 Å². The maximum absolute atomic E-state index is 4.34. The quantitative estimate of drug-likeness (QED) is 0.851. The number of H-pyrrole nitrogens is 1. The summed E-state index contributed by atoms with van der Waals surface area (Å²) in [5, 5.41) is 7.67. The Morgan fingerprint density at radius 3 is 2.60 bits per heavy atom. The van der Waals surface area contributed by atoms with Gasteiger partial charge in [0, 0.05) is 12.3 Å². The van der Waals surface area contributed by atoms with E-state index in [1.54, 1.807) is 6.33 Å². The van der Waals surface area contributed by atoms with Crippen molar-refractivity contribution in [1.29, 1.82) is 0 Å². The van der Waals surface area contributed by atoms with E-state index in [9.17, 15) is 0 Å². The van der Waals surface area contributed by atoms with E-state index in [0.717, 1.165) is 18.1 Å². The highest BCUT2D eigenvalue weighted by atomic mass is 32.2. The molecule has 1 unspecified atom stereocenters. The molecular weight excluding hydrogens is 268 g/mol. The van der Waals surface area contributed by atoms with Crippen LogP contribution in [0.4, 0.5) is 0 Å². The van der Waals surface area contributed by atoms with Crippen molar-refractivity contribution in [3.05, 3.63) is 48.0 Å². The van der Waals surface area contributed by atoms with E-state index in [0.29, 0.717) is 5.25 Å². The molecule has 2 rings (SSSR count). The zero-order chi connectivity index (χ0) is 14.4. The number of aromatic nitrogens is 3. The number of nitrogens with one attached hydrogen (secondary N) is 1. The van der Waals surface area contributed by atoms with Crippen molar-refractivity contribution in [2.45, 2.75) is 25.1 Å². The predicted molar refractivity (Wildman–Crippen MR) is 84.9 cm³/mol. The molecule has 1 N–H and O–H groups in total. The van der Waals surface area contributed by atoms with Crippen LogP contribution in [0.1, 0.15) is 31.3 Å². The fourth-order valence-corrected chi connectivity index (χ4v) is 3.03. The maximum Gasteiger partial charge on any atom is 0.146 e. The average Bonchev–Trinajstić information content (AvgIpc) is 2.93. The molecule has 0 saturated carbocycles. The number of thioether (sulfide) groups is 1. The van der Waals surface area contributed by atoms with E-state index >= 15 is 0 Å². The fourth-order valence-electron chi connectivity index (χ4n) is 2.16. The van der Waals surface area contributed by atoms with Gasteiger partial charge < -0.3 is 0 Å². The molecule has 0 amide bonds. The normalized spacial score (nSPS) is 13.1. The third kappa shape index (κ3) is 4.08. The molecule has 0 bridgehead atoms. The Morgan fingerprint density at radius 2 is 2.00 bits per heavy atom. The Balaban J connectivity index is 2.11. The minimum absolute atomic E-state index is 0.131. The molecule has 0 saturated heterocycles. The molecule has 108 valence electrons. The Morgan fingerprint density at radius 1 is 1.25 bits per heavy atom. The van der Waals surface area contributed by atoms with Gasteiger partial charge in [0.1, 0.15) is 12.2 Å². The molecule has 0 aliphatic carbocycles. The van der Waals surface area contributed by atoms with E-state index in [1.807, 2.05) is 17.8 Å². The zero-order valence-corrected chi connectivity index (χ0v) is 13.1. The number of aromatic amines is 1.